The Hall–Kier alpha value is -4.31. The molecule has 2 aliphatic carbocycles. The van der Waals surface area contributed by atoms with Gasteiger partial charge < -0.3 is 26.3 Å². The lowest BCUT2D eigenvalue weighted by molar-refractivity contribution is -0.131. The van der Waals surface area contributed by atoms with Crippen LogP contribution in [0.25, 0.3) is 22.2 Å². The highest BCUT2D eigenvalue weighted by Gasteiger charge is 2.56. The highest BCUT2D eigenvalue weighted by atomic mass is 19.1. The molecule has 1 aliphatic heterocycles. The van der Waals surface area contributed by atoms with E-state index < -0.39 is 11.2 Å². The van der Waals surface area contributed by atoms with Crippen LogP contribution in [-0.2, 0) is 16.1 Å². The second kappa shape index (κ2) is 9.95. The first-order valence-electron chi connectivity index (χ1n) is 14.2. The smallest absolute Gasteiger partial charge is 0.240 e. The SMILES string of the molecule is Nc1ncnc2c1c(-c1ccc(NC(=O)C3(C(=O)Nc4ccc(F)cc4)CC3)cc1)cn2CC1CC2CNCC2C1. The Morgan fingerprint density at radius 3 is 2.17 bits per heavy atom. The number of nitrogens with one attached hydrogen (secondary N) is 3. The first kappa shape index (κ1) is 25.6. The standard InChI is InChI=1S/C31H32FN7O2/c32-22-3-7-24(8-4-22)38-30(41)31(9-10-31)29(40)37-23-5-1-19(2-6-23)25-16-39(28-26(25)27(33)35-17-36-28)15-18-11-20-13-34-14-21(20)12-18/h1-8,16-18,20-21,34H,9-15H2,(H,37,40)(H,38,41)(H2,33,35,36). The third kappa shape index (κ3) is 4.72. The van der Waals surface area contributed by atoms with Crippen molar-refractivity contribution in [3.63, 3.8) is 0 Å². The topological polar surface area (TPSA) is 127 Å². The van der Waals surface area contributed by atoms with Gasteiger partial charge in [0, 0.05) is 29.7 Å². The molecule has 9 nitrogen and oxygen atoms in total. The zero-order valence-electron chi connectivity index (χ0n) is 22.6. The minimum absolute atomic E-state index is 0.351. The molecule has 210 valence electrons. The molecule has 5 N–H and O–H groups in total. The summed E-state index contributed by atoms with van der Waals surface area (Å²) in [6, 6.07) is 13.0. The Balaban J connectivity index is 1.08. The average Bonchev–Trinajstić information content (AvgIpc) is 3.34. The summed E-state index contributed by atoms with van der Waals surface area (Å²) in [5.74, 6) is 1.47. The van der Waals surface area contributed by atoms with Gasteiger partial charge in [0.2, 0.25) is 11.8 Å². The highest BCUT2D eigenvalue weighted by molar-refractivity contribution is 6.17. The normalized spacial score (nSPS) is 22.4. The van der Waals surface area contributed by atoms with Crippen LogP contribution in [0.3, 0.4) is 0 Å². The second-order valence-corrected chi connectivity index (χ2v) is 11.7. The molecule has 0 radical (unpaired) electrons. The van der Waals surface area contributed by atoms with E-state index in [0.717, 1.165) is 53.6 Å². The fourth-order valence-electron chi connectivity index (χ4n) is 6.67. The van der Waals surface area contributed by atoms with E-state index in [1.54, 1.807) is 0 Å². The van der Waals surface area contributed by atoms with Crippen LogP contribution >= 0.6 is 0 Å². The maximum absolute atomic E-state index is 13.2. The van der Waals surface area contributed by atoms with Crippen molar-refractivity contribution in [2.75, 3.05) is 29.5 Å². The Bertz CT molecular complexity index is 1620. The number of carbonyl (C=O) groups is 2. The number of nitrogens with zero attached hydrogens (tertiary/aromatic N) is 3. The third-order valence-electron chi connectivity index (χ3n) is 9.06. The predicted octanol–water partition coefficient (Wildman–Crippen LogP) is 4.42. The molecule has 2 atom stereocenters. The number of fused-ring (bicyclic) bond motifs is 2. The number of hydrogen-bond donors (Lipinski definition) is 4. The van der Waals surface area contributed by atoms with Crippen molar-refractivity contribution < 1.29 is 14.0 Å². The van der Waals surface area contributed by atoms with Gasteiger partial charge in [-0.25, -0.2) is 14.4 Å². The minimum Gasteiger partial charge on any atom is -0.383 e. The number of halogens is 1. The number of benzene rings is 2. The molecule has 4 aromatic rings. The van der Waals surface area contributed by atoms with E-state index in [-0.39, 0.29) is 11.8 Å². The lowest BCUT2D eigenvalue weighted by Crippen LogP contribution is -2.35. The van der Waals surface area contributed by atoms with Crippen molar-refractivity contribution in [2.24, 2.45) is 23.2 Å². The van der Waals surface area contributed by atoms with Crippen LogP contribution in [0.4, 0.5) is 21.6 Å². The summed E-state index contributed by atoms with van der Waals surface area (Å²) in [6.07, 6.45) is 7.01. The van der Waals surface area contributed by atoms with Crippen LogP contribution in [0.5, 0.6) is 0 Å². The number of nitrogens with two attached hydrogens (primary N) is 1. The molecule has 10 heteroatoms. The molecule has 3 heterocycles. The molecular weight excluding hydrogens is 521 g/mol. The van der Waals surface area contributed by atoms with Gasteiger partial charge in [-0.15, -0.1) is 0 Å². The van der Waals surface area contributed by atoms with Crippen LogP contribution < -0.4 is 21.7 Å². The van der Waals surface area contributed by atoms with Crippen molar-refractivity contribution >= 4 is 40.0 Å². The van der Waals surface area contributed by atoms with Crippen LogP contribution in [-0.4, -0.2) is 39.4 Å². The van der Waals surface area contributed by atoms with E-state index in [1.807, 2.05) is 24.3 Å². The van der Waals surface area contributed by atoms with Gasteiger partial charge >= 0.3 is 0 Å². The molecule has 0 bridgehead atoms. The van der Waals surface area contributed by atoms with E-state index in [2.05, 4.69) is 36.7 Å². The number of carbonyl (C=O) groups excluding carboxylic acids is 2. The molecule has 2 unspecified atom stereocenters. The predicted molar refractivity (Wildman–Crippen MR) is 155 cm³/mol. The molecule has 1 saturated heterocycles. The first-order valence-corrected chi connectivity index (χ1v) is 14.2. The molecular formula is C31H32FN7O2. The lowest BCUT2D eigenvalue weighted by Gasteiger charge is -2.16. The molecule has 41 heavy (non-hydrogen) atoms. The maximum atomic E-state index is 13.2. The highest BCUT2D eigenvalue weighted by Crippen LogP contribution is 2.47. The second-order valence-electron chi connectivity index (χ2n) is 11.7. The molecule has 7 rings (SSSR count). The Kier molecular flexibility index (Phi) is 6.23. The first-order chi connectivity index (χ1) is 19.9. The van der Waals surface area contributed by atoms with Gasteiger partial charge in [0.15, 0.2) is 0 Å². The zero-order valence-corrected chi connectivity index (χ0v) is 22.6. The Morgan fingerprint density at radius 1 is 0.951 bits per heavy atom. The number of anilines is 3. The lowest BCUT2D eigenvalue weighted by atomic mass is 10.0. The monoisotopic (exact) mass is 553 g/mol. The summed E-state index contributed by atoms with van der Waals surface area (Å²) < 4.78 is 15.4. The number of nitrogen functional groups attached to an aromatic ring is 1. The van der Waals surface area contributed by atoms with Crippen molar-refractivity contribution in [1.82, 2.24) is 19.9 Å². The largest absolute Gasteiger partial charge is 0.383 e. The van der Waals surface area contributed by atoms with E-state index >= 15 is 0 Å². The van der Waals surface area contributed by atoms with Crippen molar-refractivity contribution in [2.45, 2.75) is 32.2 Å². The van der Waals surface area contributed by atoms with Gasteiger partial charge in [0.1, 0.15) is 29.0 Å². The van der Waals surface area contributed by atoms with Crippen LogP contribution in [0.2, 0.25) is 0 Å². The van der Waals surface area contributed by atoms with Gasteiger partial charge in [0.05, 0.1) is 5.39 Å². The molecule has 3 aliphatic rings. The summed E-state index contributed by atoms with van der Waals surface area (Å²) in [5.41, 5.74) is 9.00. The number of hydrogen-bond acceptors (Lipinski definition) is 6. The molecule has 2 aromatic carbocycles. The molecule has 2 aromatic heterocycles. The number of aromatic nitrogens is 3. The molecule has 3 fully saturated rings. The van der Waals surface area contributed by atoms with Crippen LogP contribution in [0.1, 0.15) is 25.7 Å². The van der Waals surface area contributed by atoms with Gasteiger partial charge in [-0.1, -0.05) is 12.1 Å². The van der Waals surface area contributed by atoms with Crippen LogP contribution in [0.15, 0.2) is 61.1 Å². The molecule has 2 saturated carbocycles. The summed E-state index contributed by atoms with van der Waals surface area (Å²) in [7, 11) is 0. The van der Waals surface area contributed by atoms with Gasteiger partial charge in [-0.05, 0) is 98.5 Å². The van der Waals surface area contributed by atoms with Gasteiger partial charge in [-0.3, -0.25) is 9.59 Å². The average molecular weight is 554 g/mol. The fourth-order valence-corrected chi connectivity index (χ4v) is 6.67. The number of rotatable bonds is 7. The minimum atomic E-state index is -1.12. The van der Waals surface area contributed by atoms with Gasteiger partial charge in [-0.2, -0.15) is 0 Å². The summed E-state index contributed by atoms with van der Waals surface area (Å²) >= 11 is 0. The van der Waals surface area contributed by atoms with E-state index in [1.165, 1.54) is 43.4 Å². The van der Waals surface area contributed by atoms with Gasteiger partial charge in [0.25, 0.3) is 0 Å². The van der Waals surface area contributed by atoms with Crippen LogP contribution in [0, 0.1) is 29.0 Å². The van der Waals surface area contributed by atoms with E-state index in [0.29, 0.717) is 36.0 Å². The zero-order chi connectivity index (χ0) is 28.1. The summed E-state index contributed by atoms with van der Waals surface area (Å²) in [6.45, 7) is 3.14. The molecule has 0 spiro atoms. The third-order valence-corrected chi connectivity index (χ3v) is 9.06. The Labute approximate surface area is 236 Å². The number of amides is 2. The van der Waals surface area contributed by atoms with E-state index in [9.17, 15) is 14.0 Å². The quantitative estimate of drug-likeness (QED) is 0.251. The van der Waals surface area contributed by atoms with E-state index in [4.69, 9.17) is 5.73 Å². The summed E-state index contributed by atoms with van der Waals surface area (Å²) in [4.78, 5) is 34.9. The summed E-state index contributed by atoms with van der Waals surface area (Å²) in [5, 5.41) is 9.98. The van der Waals surface area contributed by atoms with Crippen molar-refractivity contribution in [3.05, 3.63) is 66.9 Å². The molecule has 2 amide bonds. The van der Waals surface area contributed by atoms with Crippen molar-refractivity contribution in [3.8, 4) is 11.1 Å². The fraction of sp³-hybridized carbons (Fsp3) is 0.355. The maximum Gasteiger partial charge on any atom is 0.240 e. The Morgan fingerprint density at radius 2 is 1.56 bits per heavy atom. The van der Waals surface area contributed by atoms with Crippen molar-refractivity contribution in [1.29, 1.82) is 0 Å².